The van der Waals surface area contributed by atoms with Gasteiger partial charge in [-0.1, -0.05) is 31.5 Å². The molecule has 1 aromatic rings. The van der Waals surface area contributed by atoms with Crippen LogP contribution in [-0.4, -0.2) is 7.11 Å². The van der Waals surface area contributed by atoms with Crippen LogP contribution in [0.5, 0.6) is 5.75 Å². The van der Waals surface area contributed by atoms with Crippen molar-refractivity contribution in [2.24, 2.45) is 0 Å². The van der Waals surface area contributed by atoms with Gasteiger partial charge in [-0.2, -0.15) is 0 Å². The van der Waals surface area contributed by atoms with E-state index in [2.05, 4.69) is 13.8 Å². The second kappa shape index (κ2) is 4.52. The largest absolute Gasteiger partial charge is 0.496 e. The van der Waals surface area contributed by atoms with Crippen LogP contribution < -0.4 is 4.74 Å². The molecule has 0 radical (unpaired) electrons. The van der Waals surface area contributed by atoms with Gasteiger partial charge in [-0.15, -0.1) is 0 Å². The lowest BCUT2D eigenvalue weighted by Gasteiger charge is -2.15. The molecule has 1 nitrogen and oxygen atoms in total. The first-order valence-electron chi connectivity index (χ1n) is 4.53. The Bertz CT molecular complexity index is 283. The molecule has 1 atom stereocenters. The van der Waals surface area contributed by atoms with Gasteiger partial charge in [0.2, 0.25) is 0 Å². The lowest BCUT2D eigenvalue weighted by molar-refractivity contribution is 0.406. The summed E-state index contributed by atoms with van der Waals surface area (Å²) >= 11 is 6.10. The van der Waals surface area contributed by atoms with Crippen molar-refractivity contribution >= 4 is 11.6 Å². The van der Waals surface area contributed by atoms with Gasteiger partial charge >= 0.3 is 0 Å². The highest BCUT2D eigenvalue weighted by Crippen LogP contribution is 2.34. The molecule has 0 amide bonds. The van der Waals surface area contributed by atoms with Crippen LogP contribution in [0.15, 0.2) is 18.2 Å². The molecule has 2 heteroatoms. The maximum absolute atomic E-state index is 6.10. The third kappa shape index (κ3) is 2.16. The minimum atomic E-state index is 0.448. The van der Waals surface area contributed by atoms with Gasteiger partial charge < -0.3 is 4.74 Å². The van der Waals surface area contributed by atoms with Crippen molar-refractivity contribution in [1.82, 2.24) is 0 Å². The van der Waals surface area contributed by atoms with Gasteiger partial charge in [0.25, 0.3) is 0 Å². The smallest absolute Gasteiger partial charge is 0.123 e. The van der Waals surface area contributed by atoms with Crippen LogP contribution in [0, 0.1) is 0 Å². The molecule has 0 heterocycles. The van der Waals surface area contributed by atoms with Crippen LogP contribution in [-0.2, 0) is 0 Å². The van der Waals surface area contributed by atoms with Gasteiger partial charge in [0.15, 0.2) is 0 Å². The molecule has 0 bridgehead atoms. The summed E-state index contributed by atoms with van der Waals surface area (Å²) < 4.78 is 5.26. The molecule has 0 aliphatic rings. The lowest BCUT2D eigenvalue weighted by Crippen LogP contribution is -1.97. The normalized spacial score (nSPS) is 12.6. The molecular weight excluding hydrogens is 184 g/mol. The number of ether oxygens (including phenoxy) is 1. The van der Waals surface area contributed by atoms with Crippen LogP contribution in [0.2, 0.25) is 5.02 Å². The summed E-state index contributed by atoms with van der Waals surface area (Å²) in [5, 5.41) is 0.800. The average Bonchev–Trinajstić information content (AvgIpc) is 2.16. The van der Waals surface area contributed by atoms with Crippen LogP contribution in [0.1, 0.15) is 31.7 Å². The quantitative estimate of drug-likeness (QED) is 0.717. The van der Waals surface area contributed by atoms with Crippen molar-refractivity contribution in [3.63, 3.8) is 0 Å². The first-order chi connectivity index (χ1) is 6.20. The van der Waals surface area contributed by atoms with Crippen molar-refractivity contribution in [2.45, 2.75) is 26.2 Å². The van der Waals surface area contributed by atoms with Gasteiger partial charge in [0.05, 0.1) is 7.11 Å². The maximum Gasteiger partial charge on any atom is 0.123 e. The van der Waals surface area contributed by atoms with Gasteiger partial charge in [0, 0.05) is 10.6 Å². The summed E-state index contributed by atoms with van der Waals surface area (Å²) in [4.78, 5) is 0. The van der Waals surface area contributed by atoms with Gasteiger partial charge in [-0.25, -0.2) is 0 Å². The lowest BCUT2D eigenvalue weighted by atomic mass is 9.98. The minimum absolute atomic E-state index is 0.448. The third-order valence-corrected chi connectivity index (χ3v) is 2.67. The zero-order valence-electron chi connectivity index (χ0n) is 8.30. The average molecular weight is 199 g/mol. The van der Waals surface area contributed by atoms with E-state index >= 15 is 0 Å². The predicted molar refractivity (Wildman–Crippen MR) is 56.7 cm³/mol. The molecule has 0 unspecified atom stereocenters. The summed E-state index contributed by atoms with van der Waals surface area (Å²) in [7, 11) is 1.68. The van der Waals surface area contributed by atoms with E-state index in [9.17, 15) is 0 Å². The number of hydrogen-bond acceptors (Lipinski definition) is 1. The Labute approximate surface area is 84.7 Å². The molecular formula is C11H15ClO. The SMILES string of the molecule is CC[C@@H](C)c1c(Cl)cccc1OC. The monoisotopic (exact) mass is 198 g/mol. The first kappa shape index (κ1) is 10.4. The van der Waals surface area contributed by atoms with Crippen molar-refractivity contribution in [3.05, 3.63) is 28.8 Å². The predicted octanol–water partition coefficient (Wildman–Crippen LogP) is 3.86. The number of hydrogen-bond donors (Lipinski definition) is 0. The fourth-order valence-corrected chi connectivity index (χ4v) is 1.73. The Kier molecular flexibility index (Phi) is 3.61. The fourth-order valence-electron chi connectivity index (χ4n) is 1.38. The van der Waals surface area contributed by atoms with E-state index in [1.165, 1.54) is 0 Å². The molecule has 0 aliphatic heterocycles. The second-order valence-electron chi connectivity index (χ2n) is 3.17. The van der Waals surface area contributed by atoms with E-state index in [1.54, 1.807) is 7.11 Å². The van der Waals surface area contributed by atoms with Crippen LogP contribution in [0.3, 0.4) is 0 Å². The Morgan fingerprint density at radius 2 is 2.15 bits per heavy atom. The third-order valence-electron chi connectivity index (χ3n) is 2.34. The molecule has 0 aliphatic carbocycles. The second-order valence-corrected chi connectivity index (χ2v) is 3.57. The van der Waals surface area contributed by atoms with Crippen LogP contribution >= 0.6 is 11.6 Å². The van der Waals surface area contributed by atoms with E-state index < -0.39 is 0 Å². The number of halogens is 1. The van der Waals surface area contributed by atoms with E-state index in [-0.39, 0.29) is 0 Å². The maximum atomic E-state index is 6.10. The Morgan fingerprint density at radius 3 is 2.69 bits per heavy atom. The van der Waals surface area contributed by atoms with E-state index in [4.69, 9.17) is 16.3 Å². The molecule has 1 rings (SSSR count). The fraction of sp³-hybridized carbons (Fsp3) is 0.455. The molecule has 0 saturated heterocycles. The van der Waals surface area contributed by atoms with Crippen LogP contribution in [0.4, 0.5) is 0 Å². The van der Waals surface area contributed by atoms with E-state index in [0.717, 1.165) is 22.8 Å². The zero-order valence-corrected chi connectivity index (χ0v) is 9.06. The number of benzene rings is 1. The van der Waals surface area contributed by atoms with Crippen LogP contribution in [0.25, 0.3) is 0 Å². The molecule has 0 spiro atoms. The molecule has 13 heavy (non-hydrogen) atoms. The van der Waals surface area contributed by atoms with Gasteiger partial charge in [-0.3, -0.25) is 0 Å². The topological polar surface area (TPSA) is 9.23 Å². The van der Waals surface area contributed by atoms with Crippen molar-refractivity contribution in [3.8, 4) is 5.75 Å². The van der Waals surface area contributed by atoms with Crippen molar-refractivity contribution < 1.29 is 4.74 Å². The molecule has 72 valence electrons. The van der Waals surface area contributed by atoms with E-state index in [0.29, 0.717) is 5.92 Å². The highest BCUT2D eigenvalue weighted by atomic mass is 35.5. The van der Waals surface area contributed by atoms with Crippen molar-refractivity contribution in [1.29, 1.82) is 0 Å². The zero-order chi connectivity index (χ0) is 9.84. The Hall–Kier alpha value is -0.690. The molecule has 0 fully saturated rings. The number of methoxy groups -OCH3 is 1. The highest BCUT2D eigenvalue weighted by Gasteiger charge is 2.12. The summed E-state index contributed by atoms with van der Waals surface area (Å²) in [6, 6.07) is 5.77. The summed E-state index contributed by atoms with van der Waals surface area (Å²) in [5.74, 6) is 1.34. The molecule has 0 N–H and O–H groups in total. The molecule has 0 aromatic heterocycles. The summed E-state index contributed by atoms with van der Waals surface area (Å²) in [6.07, 6.45) is 1.07. The number of rotatable bonds is 3. The standard InChI is InChI=1S/C11H15ClO/c1-4-8(2)11-9(12)6-5-7-10(11)13-3/h5-8H,4H2,1-3H3/t8-/m1/s1. The Morgan fingerprint density at radius 1 is 1.46 bits per heavy atom. The van der Waals surface area contributed by atoms with Gasteiger partial charge in [0.1, 0.15) is 5.75 Å². The Balaban J connectivity index is 3.14. The van der Waals surface area contributed by atoms with Gasteiger partial charge in [-0.05, 0) is 24.5 Å². The molecule has 0 saturated carbocycles. The minimum Gasteiger partial charge on any atom is -0.496 e. The first-order valence-corrected chi connectivity index (χ1v) is 4.90. The summed E-state index contributed by atoms with van der Waals surface area (Å²) in [6.45, 7) is 4.30. The van der Waals surface area contributed by atoms with E-state index in [1.807, 2.05) is 18.2 Å². The highest BCUT2D eigenvalue weighted by molar-refractivity contribution is 6.31. The van der Waals surface area contributed by atoms with Crippen molar-refractivity contribution in [2.75, 3.05) is 7.11 Å². The summed E-state index contributed by atoms with van der Waals surface area (Å²) in [5.41, 5.74) is 1.12. The molecule has 1 aromatic carbocycles.